The Morgan fingerprint density at radius 3 is 2.56 bits per heavy atom. The van der Waals surface area contributed by atoms with E-state index in [1.54, 1.807) is 0 Å². The second kappa shape index (κ2) is 6.37. The predicted molar refractivity (Wildman–Crippen MR) is 70.1 cm³/mol. The molecular weight excluding hydrogens is 228 g/mol. The summed E-state index contributed by atoms with van der Waals surface area (Å²) >= 11 is 0. The third-order valence-corrected chi connectivity index (χ3v) is 4.82. The zero-order valence-corrected chi connectivity index (χ0v) is 10.9. The van der Waals surface area contributed by atoms with Crippen LogP contribution in [-0.2, 0) is 4.79 Å². The quantitative estimate of drug-likeness (QED) is 0.541. The molecule has 2 saturated carbocycles. The molecule has 0 aromatic carbocycles. The lowest BCUT2D eigenvalue weighted by molar-refractivity contribution is -0.137. The van der Waals surface area contributed by atoms with Gasteiger partial charge in [0.25, 0.3) is 0 Å². The molecule has 0 saturated heterocycles. The Morgan fingerprint density at radius 2 is 1.89 bits per heavy atom. The number of carboxylic acids is 1. The molecule has 0 aliphatic heterocycles. The van der Waals surface area contributed by atoms with Crippen LogP contribution < -0.4 is 0 Å². The zero-order chi connectivity index (χ0) is 13.0. The van der Waals surface area contributed by atoms with Gasteiger partial charge in [-0.1, -0.05) is 12.2 Å². The van der Waals surface area contributed by atoms with Crippen LogP contribution in [0.1, 0.15) is 44.9 Å². The molecule has 0 spiro atoms. The molecule has 2 aliphatic carbocycles. The van der Waals surface area contributed by atoms with E-state index < -0.39 is 5.97 Å². The van der Waals surface area contributed by atoms with E-state index in [1.807, 2.05) is 0 Å². The summed E-state index contributed by atoms with van der Waals surface area (Å²) in [5, 5.41) is 18.0. The first kappa shape index (κ1) is 13.6. The number of aliphatic hydroxyl groups excluding tert-OH is 1. The molecule has 2 fully saturated rings. The van der Waals surface area contributed by atoms with Gasteiger partial charge in [-0.3, -0.25) is 4.79 Å². The zero-order valence-electron chi connectivity index (χ0n) is 10.9. The van der Waals surface area contributed by atoms with E-state index in [9.17, 15) is 9.90 Å². The van der Waals surface area contributed by atoms with Gasteiger partial charge in [0.05, 0.1) is 0 Å². The van der Waals surface area contributed by atoms with Crippen LogP contribution in [-0.4, -0.2) is 22.8 Å². The minimum absolute atomic E-state index is 0.262. The van der Waals surface area contributed by atoms with Gasteiger partial charge in [0.2, 0.25) is 0 Å². The number of hydrogen-bond acceptors (Lipinski definition) is 2. The standard InChI is InChI=1S/C15H24O3/c16-10-14-12-8-7-11(9-12)13(14)5-3-1-2-4-6-15(17)18/h1,3,11-14,16H,2,4-10H2,(H,17,18)/t11-,12+,13-,14+/m1/s1. The van der Waals surface area contributed by atoms with Gasteiger partial charge in [0, 0.05) is 13.0 Å². The van der Waals surface area contributed by atoms with E-state index in [2.05, 4.69) is 12.2 Å². The normalized spacial score (nSPS) is 34.5. The second-order valence-corrected chi connectivity index (χ2v) is 5.84. The fourth-order valence-electron chi connectivity index (χ4n) is 3.92. The first-order valence-electron chi connectivity index (χ1n) is 7.20. The lowest BCUT2D eigenvalue weighted by Gasteiger charge is -2.28. The molecule has 0 unspecified atom stereocenters. The van der Waals surface area contributed by atoms with Crippen molar-refractivity contribution in [3.05, 3.63) is 12.2 Å². The minimum Gasteiger partial charge on any atom is -0.481 e. The number of fused-ring (bicyclic) bond motifs is 2. The van der Waals surface area contributed by atoms with Gasteiger partial charge in [-0.15, -0.1) is 0 Å². The fraction of sp³-hybridized carbons (Fsp3) is 0.800. The van der Waals surface area contributed by atoms with Gasteiger partial charge in [0.1, 0.15) is 0 Å². The first-order chi connectivity index (χ1) is 8.72. The number of unbranched alkanes of at least 4 members (excludes halogenated alkanes) is 1. The highest BCUT2D eigenvalue weighted by Crippen LogP contribution is 2.53. The van der Waals surface area contributed by atoms with E-state index in [0.717, 1.165) is 31.1 Å². The van der Waals surface area contributed by atoms with Crippen LogP contribution in [0.5, 0.6) is 0 Å². The molecule has 4 atom stereocenters. The summed E-state index contributed by atoms with van der Waals surface area (Å²) in [6, 6.07) is 0. The molecule has 3 nitrogen and oxygen atoms in total. The van der Waals surface area contributed by atoms with Gasteiger partial charge in [-0.05, 0) is 62.2 Å². The molecule has 2 rings (SSSR count). The Morgan fingerprint density at radius 1 is 1.17 bits per heavy atom. The van der Waals surface area contributed by atoms with Crippen molar-refractivity contribution in [1.29, 1.82) is 0 Å². The molecule has 0 radical (unpaired) electrons. The third-order valence-electron chi connectivity index (χ3n) is 4.82. The number of aliphatic carboxylic acids is 1. The molecular formula is C15H24O3. The largest absolute Gasteiger partial charge is 0.481 e. The van der Waals surface area contributed by atoms with E-state index in [-0.39, 0.29) is 6.42 Å². The van der Waals surface area contributed by atoms with Crippen LogP contribution in [0.25, 0.3) is 0 Å². The highest BCUT2D eigenvalue weighted by atomic mass is 16.4. The number of carbonyl (C=O) groups is 1. The van der Waals surface area contributed by atoms with Crippen molar-refractivity contribution < 1.29 is 15.0 Å². The lowest BCUT2D eigenvalue weighted by Crippen LogP contribution is -2.24. The number of rotatable bonds is 7. The number of hydrogen-bond donors (Lipinski definition) is 2. The smallest absolute Gasteiger partial charge is 0.303 e. The SMILES string of the molecule is O=C(O)CCCC=CC[C@@H]1[C@@H]2CC[C@@H](C2)[C@@H]1CO. The van der Waals surface area contributed by atoms with Gasteiger partial charge in [0.15, 0.2) is 0 Å². The van der Waals surface area contributed by atoms with Crippen molar-refractivity contribution >= 4 is 5.97 Å². The Kier molecular flexibility index (Phi) is 4.81. The molecule has 102 valence electrons. The van der Waals surface area contributed by atoms with E-state index >= 15 is 0 Å². The van der Waals surface area contributed by atoms with E-state index in [4.69, 9.17) is 5.11 Å². The predicted octanol–water partition coefficient (Wildman–Crippen LogP) is 2.84. The summed E-state index contributed by atoms with van der Waals surface area (Å²) < 4.78 is 0. The van der Waals surface area contributed by atoms with Crippen LogP contribution in [0.15, 0.2) is 12.2 Å². The summed E-state index contributed by atoms with van der Waals surface area (Å²) in [5.74, 6) is 2.08. The number of carboxylic acid groups (broad SMARTS) is 1. The summed E-state index contributed by atoms with van der Waals surface area (Å²) in [4.78, 5) is 10.4. The maximum atomic E-state index is 10.4. The first-order valence-corrected chi connectivity index (χ1v) is 7.20. The topological polar surface area (TPSA) is 57.5 Å². The van der Waals surface area contributed by atoms with Crippen LogP contribution in [0.2, 0.25) is 0 Å². The molecule has 0 aromatic rings. The number of aliphatic hydroxyl groups is 1. The summed E-state index contributed by atoms with van der Waals surface area (Å²) in [6.07, 6.45) is 11.2. The lowest BCUT2D eigenvalue weighted by atomic mass is 9.78. The highest BCUT2D eigenvalue weighted by molar-refractivity contribution is 5.66. The van der Waals surface area contributed by atoms with E-state index in [1.165, 1.54) is 19.3 Å². The molecule has 0 amide bonds. The van der Waals surface area contributed by atoms with E-state index in [0.29, 0.717) is 18.4 Å². The Hall–Kier alpha value is -0.830. The molecule has 2 bridgehead atoms. The minimum atomic E-state index is -0.711. The third kappa shape index (κ3) is 3.14. The van der Waals surface area contributed by atoms with Crippen LogP contribution in [0.3, 0.4) is 0 Å². The monoisotopic (exact) mass is 252 g/mol. The van der Waals surface area contributed by atoms with Crippen molar-refractivity contribution in [2.24, 2.45) is 23.7 Å². The van der Waals surface area contributed by atoms with Crippen molar-refractivity contribution in [2.75, 3.05) is 6.61 Å². The maximum Gasteiger partial charge on any atom is 0.303 e. The summed E-state index contributed by atoms with van der Waals surface area (Å²) in [5.41, 5.74) is 0. The fourth-order valence-corrected chi connectivity index (χ4v) is 3.92. The summed E-state index contributed by atoms with van der Waals surface area (Å²) in [6.45, 7) is 0.346. The van der Waals surface area contributed by atoms with Crippen LogP contribution in [0.4, 0.5) is 0 Å². The molecule has 0 heterocycles. The van der Waals surface area contributed by atoms with Crippen molar-refractivity contribution in [2.45, 2.75) is 44.9 Å². The van der Waals surface area contributed by atoms with Crippen LogP contribution in [0, 0.1) is 23.7 Å². The van der Waals surface area contributed by atoms with Gasteiger partial charge < -0.3 is 10.2 Å². The van der Waals surface area contributed by atoms with Gasteiger partial charge in [-0.25, -0.2) is 0 Å². The molecule has 0 aromatic heterocycles. The van der Waals surface area contributed by atoms with Crippen molar-refractivity contribution in [1.82, 2.24) is 0 Å². The Labute approximate surface area is 109 Å². The second-order valence-electron chi connectivity index (χ2n) is 5.84. The molecule has 2 N–H and O–H groups in total. The summed E-state index contributed by atoms with van der Waals surface area (Å²) in [7, 11) is 0. The van der Waals surface area contributed by atoms with Gasteiger partial charge >= 0.3 is 5.97 Å². The van der Waals surface area contributed by atoms with Crippen LogP contribution >= 0.6 is 0 Å². The van der Waals surface area contributed by atoms with Gasteiger partial charge in [-0.2, -0.15) is 0 Å². The maximum absolute atomic E-state index is 10.4. The van der Waals surface area contributed by atoms with Crippen molar-refractivity contribution in [3.63, 3.8) is 0 Å². The molecule has 2 aliphatic rings. The highest BCUT2D eigenvalue weighted by Gasteiger charge is 2.46. The Balaban J connectivity index is 1.69. The molecule has 18 heavy (non-hydrogen) atoms. The average Bonchev–Trinajstić information content (AvgIpc) is 2.93. The number of allylic oxidation sites excluding steroid dienone is 2. The molecule has 3 heteroatoms. The van der Waals surface area contributed by atoms with Crippen molar-refractivity contribution in [3.8, 4) is 0 Å². The Bertz CT molecular complexity index is 311. The average molecular weight is 252 g/mol.